The van der Waals surface area contributed by atoms with Crippen molar-refractivity contribution in [2.75, 3.05) is 19.4 Å². The number of amides is 1. The van der Waals surface area contributed by atoms with Crippen LogP contribution in [0.1, 0.15) is 44.1 Å². The summed E-state index contributed by atoms with van der Waals surface area (Å²) < 4.78 is 28.9. The van der Waals surface area contributed by atoms with Crippen molar-refractivity contribution in [3.8, 4) is 0 Å². The van der Waals surface area contributed by atoms with E-state index < -0.39 is 15.3 Å². The Hall–Kier alpha value is -1.40. The number of carbonyl (C=O) groups excluding carboxylic acids is 1. The highest BCUT2D eigenvalue weighted by Gasteiger charge is 2.45. The summed E-state index contributed by atoms with van der Waals surface area (Å²) in [5, 5.41) is 3.06. The number of nitrogens with one attached hydrogen (secondary N) is 1. The molecule has 1 aromatic rings. The normalized spacial score (nSPS) is 23.3. The Balaban J connectivity index is 1.70. The summed E-state index contributed by atoms with van der Waals surface area (Å²) in [5.74, 6) is 0.0371. The van der Waals surface area contributed by atoms with Gasteiger partial charge in [-0.1, -0.05) is 18.6 Å². The van der Waals surface area contributed by atoms with Crippen LogP contribution in [0, 0.1) is 0 Å². The Morgan fingerprint density at radius 2 is 1.92 bits per heavy atom. The first kappa shape index (κ1) is 17.4. The van der Waals surface area contributed by atoms with Crippen LogP contribution in [0.2, 0.25) is 0 Å². The number of rotatable bonds is 5. The van der Waals surface area contributed by atoms with Gasteiger partial charge in [0.1, 0.15) is 0 Å². The highest BCUT2D eigenvalue weighted by Crippen LogP contribution is 2.44. The van der Waals surface area contributed by atoms with Gasteiger partial charge in [-0.3, -0.25) is 4.79 Å². The van der Waals surface area contributed by atoms with Crippen molar-refractivity contribution in [3.05, 3.63) is 29.8 Å². The van der Waals surface area contributed by atoms with Gasteiger partial charge in [0.25, 0.3) is 0 Å². The van der Waals surface area contributed by atoms with Crippen molar-refractivity contribution in [1.29, 1.82) is 0 Å². The molecular weight excluding hydrogens is 326 g/mol. The third-order valence-corrected chi connectivity index (χ3v) is 6.37. The summed E-state index contributed by atoms with van der Waals surface area (Å²) >= 11 is 0. The Labute approximate surface area is 143 Å². The number of sulfone groups is 1. The van der Waals surface area contributed by atoms with Gasteiger partial charge in [-0.15, -0.1) is 0 Å². The van der Waals surface area contributed by atoms with E-state index in [0.29, 0.717) is 6.54 Å². The first-order valence-corrected chi connectivity index (χ1v) is 10.5. The molecule has 1 amide bonds. The minimum atomic E-state index is -3.22. The zero-order valence-electron chi connectivity index (χ0n) is 14.1. The van der Waals surface area contributed by atoms with Crippen molar-refractivity contribution in [2.24, 2.45) is 0 Å². The van der Waals surface area contributed by atoms with E-state index in [2.05, 4.69) is 5.32 Å². The van der Waals surface area contributed by atoms with Crippen LogP contribution in [0.25, 0.3) is 0 Å². The lowest BCUT2D eigenvalue weighted by Gasteiger charge is -2.41. The van der Waals surface area contributed by atoms with Crippen LogP contribution in [0.15, 0.2) is 29.2 Å². The van der Waals surface area contributed by atoms with E-state index in [1.165, 1.54) is 6.26 Å². The van der Waals surface area contributed by atoms with E-state index in [9.17, 15) is 13.2 Å². The maximum atomic E-state index is 12.8. The fraction of sp³-hybridized carbons (Fsp3) is 0.611. The molecule has 0 aromatic heterocycles. The Morgan fingerprint density at radius 1 is 1.21 bits per heavy atom. The molecule has 1 N–H and O–H groups in total. The molecule has 0 spiro atoms. The van der Waals surface area contributed by atoms with E-state index in [4.69, 9.17) is 4.74 Å². The Morgan fingerprint density at radius 3 is 2.42 bits per heavy atom. The molecule has 1 aliphatic heterocycles. The van der Waals surface area contributed by atoms with Crippen LogP contribution in [0.5, 0.6) is 0 Å². The molecule has 1 heterocycles. The van der Waals surface area contributed by atoms with E-state index in [-0.39, 0.29) is 16.9 Å². The monoisotopic (exact) mass is 351 g/mol. The van der Waals surface area contributed by atoms with Crippen LogP contribution < -0.4 is 5.32 Å². The van der Waals surface area contributed by atoms with Gasteiger partial charge in [-0.05, 0) is 49.8 Å². The first-order chi connectivity index (χ1) is 11.4. The van der Waals surface area contributed by atoms with Gasteiger partial charge in [-0.2, -0.15) is 0 Å². The molecule has 1 aliphatic carbocycles. The van der Waals surface area contributed by atoms with Crippen LogP contribution >= 0.6 is 0 Å². The summed E-state index contributed by atoms with van der Waals surface area (Å²) in [4.78, 5) is 13.1. The minimum Gasteiger partial charge on any atom is -0.376 e. The molecule has 3 rings (SSSR count). The smallest absolute Gasteiger partial charge is 0.230 e. The molecule has 0 bridgehead atoms. The van der Waals surface area contributed by atoms with Gasteiger partial charge in [-0.25, -0.2) is 8.42 Å². The fourth-order valence-corrected chi connectivity index (χ4v) is 4.17. The molecule has 24 heavy (non-hydrogen) atoms. The third-order valence-electron chi connectivity index (χ3n) is 5.24. The number of hydrogen-bond acceptors (Lipinski definition) is 4. The molecule has 132 valence electrons. The van der Waals surface area contributed by atoms with Gasteiger partial charge in [0.05, 0.1) is 16.4 Å². The maximum absolute atomic E-state index is 12.8. The molecule has 1 atom stereocenters. The quantitative estimate of drug-likeness (QED) is 0.883. The predicted molar refractivity (Wildman–Crippen MR) is 91.7 cm³/mol. The molecular formula is C18H25NO4S. The first-order valence-electron chi connectivity index (χ1n) is 8.62. The number of hydrogen-bond donors (Lipinski definition) is 1. The zero-order chi connectivity index (χ0) is 17.2. The molecule has 1 saturated heterocycles. The summed E-state index contributed by atoms with van der Waals surface area (Å²) in [6.07, 6.45) is 7.19. The Bertz CT molecular complexity index is 686. The summed E-state index contributed by atoms with van der Waals surface area (Å²) in [5.41, 5.74) is 0.397. The molecule has 1 aromatic carbocycles. The van der Waals surface area contributed by atoms with Gasteiger partial charge in [0.15, 0.2) is 9.84 Å². The molecule has 1 saturated carbocycles. The van der Waals surface area contributed by atoms with Crippen molar-refractivity contribution in [1.82, 2.24) is 5.32 Å². The Kier molecular flexibility index (Phi) is 4.97. The van der Waals surface area contributed by atoms with Crippen molar-refractivity contribution in [3.63, 3.8) is 0 Å². The lowest BCUT2D eigenvalue weighted by molar-refractivity contribution is -0.130. The van der Waals surface area contributed by atoms with Gasteiger partial charge >= 0.3 is 0 Å². The molecule has 5 nitrogen and oxygen atoms in total. The van der Waals surface area contributed by atoms with E-state index >= 15 is 0 Å². The van der Waals surface area contributed by atoms with Gasteiger partial charge < -0.3 is 10.1 Å². The van der Waals surface area contributed by atoms with Crippen LogP contribution in [0.4, 0.5) is 0 Å². The summed E-state index contributed by atoms with van der Waals surface area (Å²) in [7, 11) is -3.22. The molecule has 0 unspecified atom stereocenters. The van der Waals surface area contributed by atoms with E-state index in [1.54, 1.807) is 24.3 Å². The average molecular weight is 351 g/mol. The minimum absolute atomic E-state index is 0.0371. The summed E-state index contributed by atoms with van der Waals surface area (Å²) in [6.45, 7) is 1.33. The maximum Gasteiger partial charge on any atom is 0.230 e. The fourth-order valence-electron chi connectivity index (χ4n) is 3.54. The molecule has 2 fully saturated rings. The van der Waals surface area contributed by atoms with Crippen LogP contribution in [-0.2, 0) is 24.8 Å². The van der Waals surface area contributed by atoms with E-state index in [0.717, 1.165) is 50.7 Å². The number of carbonyl (C=O) groups is 1. The van der Waals surface area contributed by atoms with Crippen LogP contribution in [-0.4, -0.2) is 39.8 Å². The molecule has 6 heteroatoms. The third kappa shape index (κ3) is 3.49. The van der Waals surface area contributed by atoms with E-state index in [1.807, 2.05) is 0 Å². The average Bonchev–Trinajstić information content (AvgIpc) is 2.52. The van der Waals surface area contributed by atoms with Gasteiger partial charge in [0.2, 0.25) is 5.91 Å². The van der Waals surface area contributed by atoms with Crippen molar-refractivity contribution in [2.45, 2.75) is 54.9 Å². The van der Waals surface area contributed by atoms with Crippen molar-refractivity contribution >= 4 is 15.7 Å². The highest BCUT2D eigenvalue weighted by atomic mass is 32.2. The molecule has 2 aliphatic rings. The standard InChI is InChI=1S/C18H25NO4S/c1-24(21,22)16-8-6-14(7-9-16)18(10-4-11-18)17(20)19-13-15-5-2-3-12-23-15/h6-9,15H,2-5,10-13H2,1H3,(H,19,20)/t15-/m1/s1. The summed E-state index contributed by atoms with van der Waals surface area (Å²) in [6, 6.07) is 6.77. The zero-order valence-corrected chi connectivity index (χ0v) is 14.9. The molecule has 0 radical (unpaired) electrons. The second kappa shape index (κ2) is 6.84. The second-order valence-electron chi connectivity index (χ2n) is 6.93. The largest absolute Gasteiger partial charge is 0.376 e. The SMILES string of the molecule is CS(=O)(=O)c1ccc(C2(C(=O)NC[C@H]3CCCCO3)CCC2)cc1. The highest BCUT2D eigenvalue weighted by molar-refractivity contribution is 7.90. The lowest BCUT2D eigenvalue weighted by atomic mass is 9.64. The lowest BCUT2D eigenvalue weighted by Crippen LogP contribution is -2.51. The second-order valence-corrected chi connectivity index (χ2v) is 8.95. The predicted octanol–water partition coefficient (Wildman–Crippen LogP) is 2.20. The number of benzene rings is 1. The van der Waals surface area contributed by atoms with Crippen LogP contribution in [0.3, 0.4) is 0 Å². The number of ether oxygens (including phenoxy) is 1. The topological polar surface area (TPSA) is 72.5 Å². The van der Waals surface area contributed by atoms with Crippen molar-refractivity contribution < 1.29 is 17.9 Å². The van der Waals surface area contributed by atoms with Gasteiger partial charge in [0, 0.05) is 19.4 Å².